The maximum atomic E-state index is 12.9. The molecule has 6 aromatic rings. The molecule has 2 aromatic heterocycles. The molecule has 0 saturated carbocycles. The van der Waals surface area contributed by atoms with E-state index in [2.05, 4.69) is 41.7 Å². The molecule has 4 heterocycles. The number of aromatic nitrogens is 2. The lowest BCUT2D eigenvalue weighted by atomic mass is 10.1. The average molecular weight is 1060 g/mol. The Balaban J connectivity index is 0.000000182. The number of hydrogen-bond acceptors (Lipinski definition) is 12. The van der Waals surface area contributed by atoms with Crippen LogP contribution in [0.25, 0.3) is 22.5 Å². The molecular weight excluding hydrogens is 1020 g/mol. The number of hydrogen-bond donors (Lipinski definition) is 0. The molecule has 0 bridgehead atoms. The summed E-state index contributed by atoms with van der Waals surface area (Å²) in [5.74, 6) is 1.41. The highest BCUT2D eigenvalue weighted by molar-refractivity contribution is 9.10. The smallest absolute Gasteiger partial charge is 0.243 e. The summed E-state index contributed by atoms with van der Waals surface area (Å²) in [6.45, 7) is 4.02. The van der Waals surface area contributed by atoms with Crippen molar-refractivity contribution < 1.29 is 26.3 Å². The first kappa shape index (κ1) is 44.7. The third kappa shape index (κ3) is 10.3. The molecule has 0 unspecified atom stereocenters. The Morgan fingerprint density at radius 3 is 1.37 bits per heavy atom. The number of sulfonamides is 2. The van der Waals surface area contributed by atoms with Crippen LogP contribution in [0.4, 0.5) is 10.3 Å². The molecule has 0 N–H and O–H groups in total. The molecule has 2 aliphatic rings. The van der Waals surface area contributed by atoms with Crippen LogP contribution in [0.3, 0.4) is 0 Å². The topological polar surface area (TPSA) is 125 Å². The molecule has 8 rings (SSSR count). The van der Waals surface area contributed by atoms with E-state index in [4.69, 9.17) is 42.6 Å². The van der Waals surface area contributed by atoms with Crippen molar-refractivity contribution in [3.63, 3.8) is 0 Å². The lowest BCUT2D eigenvalue weighted by molar-refractivity contribution is 0.384. The Bertz CT molecular complexity index is 2630. The third-order valence-electron chi connectivity index (χ3n) is 9.77. The number of halogens is 4. The zero-order valence-electron chi connectivity index (χ0n) is 32.2. The summed E-state index contributed by atoms with van der Waals surface area (Å²) in [6.07, 6.45) is 0. The summed E-state index contributed by atoms with van der Waals surface area (Å²) in [5.41, 5.74) is 3.48. The van der Waals surface area contributed by atoms with Crippen LogP contribution < -0.4 is 19.3 Å². The molecule has 12 nitrogen and oxygen atoms in total. The molecule has 0 spiro atoms. The molecule has 0 atom stereocenters. The number of nitrogens with zero attached hydrogens (tertiary/aromatic N) is 6. The molecule has 0 aliphatic carbocycles. The van der Waals surface area contributed by atoms with Crippen LogP contribution in [0.5, 0.6) is 11.5 Å². The molecule has 2 saturated heterocycles. The minimum absolute atomic E-state index is 0.310. The molecule has 2 aliphatic heterocycles. The average Bonchev–Trinajstić information content (AvgIpc) is 3.97. The second-order valence-electron chi connectivity index (χ2n) is 13.5. The molecule has 0 amide bonds. The van der Waals surface area contributed by atoms with Crippen molar-refractivity contribution in [1.82, 2.24) is 18.6 Å². The van der Waals surface area contributed by atoms with E-state index < -0.39 is 20.0 Å². The highest BCUT2D eigenvalue weighted by atomic mass is 79.9. The van der Waals surface area contributed by atoms with E-state index in [1.165, 1.54) is 19.9 Å². The highest BCUT2D eigenvalue weighted by Gasteiger charge is 2.31. The van der Waals surface area contributed by atoms with Crippen molar-refractivity contribution in [2.24, 2.45) is 0 Å². The number of benzene rings is 4. The highest BCUT2D eigenvalue weighted by Crippen LogP contribution is 2.35. The zero-order chi connectivity index (χ0) is 42.6. The summed E-state index contributed by atoms with van der Waals surface area (Å²) < 4.78 is 67.0. The summed E-state index contributed by atoms with van der Waals surface area (Å²) in [5, 5.41) is 6.71. The molecule has 4 aromatic carbocycles. The number of ether oxygens (including phenoxy) is 2. The summed E-state index contributed by atoms with van der Waals surface area (Å²) in [7, 11) is -3.75. The fraction of sp³-hybridized carbons (Fsp3) is 0.250. The Hall–Kier alpha value is -3.30. The Morgan fingerprint density at radius 1 is 0.550 bits per heavy atom. The van der Waals surface area contributed by atoms with Gasteiger partial charge in [-0.15, -0.1) is 22.7 Å². The van der Waals surface area contributed by atoms with Crippen LogP contribution in [0.1, 0.15) is 0 Å². The Labute approximate surface area is 384 Å². The van der Waals surface area contributed by atoms with Crippen LogP contribution in [0.2, 0.25) is 10.0 Å². The van der Waals surface area contributed by atoms with Gasteiger partial charge < -0.3 is 19.3 Å². The molecule has 60 heavy (non-hydrogen) atoms. The minimum Gasteiger partial charge on any atom is -0.497 e. The van der Waals surface area contributed by atoms with Gasteiger partial charge in [-0.05, 0) is 72.8 Å². The summed E-state index contributed by atoms with van der Waals surface area (Å²) in [4.78, 5) is 14.3. The van der Waals surface area contributed by atoms with Gasteiger partial charge in [-0.3, -0.25) is 0 Å². The minimum atomic E-state index is -3.50. The predicted molar refractivity (Wildman–Crippen MR) is 248 cm³/mol. The lowest BCUT2D eigenvalue weighted by Crippen LogP contribution is -2.48. The fourth-order valence-electron chi connectivity index (χ4n) is 6.45. The van der Waals surface area contributed by atoms with E-state index in [-0.39, 0.29) is 0 Å². The number of piperazine rings is 2. The van der Waals surface area contributed by atoms with Gasteiger partial charge in [0.1, 0.15) is 11.5 Å². The van der Waals surface area contributed by atoms with Crippen molar-refractivity contribution in [2.75, 3.05) is 76.4 Å². The molecule has 316 valence electrons. The van der Waals surface area contributed by atoms with E-state index in [1.54, 1.807) is 86.2 Å². The van der Waals surface area contributed by atoms with E-state index in [9.17, 15) is 16.8 Å². The van der Waals surface area contributed by atoms with Gasteiger partial charge in [-0.2, -0.15) is 8.61 Å². The standard InChI is InChI=1S/C21H22BrN3O4S2.C19H16BrCl2N3O2S2/c1-28-17-11-15(12-18(13-17)29-2)20-14-30-21(23-20)24-7-9-25(10-8-24)31(26,27)19-5-3-16(22)4-6-19;20-14-2-4-15(5-3-14)29(26,27)25-9-7-24(8-10-25)19-23-18(12-28-19)13-1-6-16(21)17(22)11-13/h3-6,11-14H,7-10H2,1-2H3;1-6,11-12H,7-10H2. The van der Waals surface area contributed by atoms with Gasteiger partial charge in [-0.25, -0.2) is 26.8 Å². The Kier molecular flexibility index (Phi) is 14.5. The summed E-state index contributed by atoms with van der Waals surface area (Å²) >= 11 is 21.8. The molecule has 20 heteroatoms. The number of methoxy groups -OCH3 is 2. The van der Waals surface area contributed by atoms with Gasteiger partial charge in [0.15, 0.2) is 10.3 Å². The SMILES string of the molecule is COc1cc(OC)cc(-c2csc(N3CCN(S(=O)(=O)c4ccc(Br)cc4)CC3)n2)c1.O=S(=O)(c1ccc(Br)cc1)N1CCN(c2nc(-c3ccc(Cl)c(Cl)c3)cs2)CC1. The second-order valence-corrected chi connectivity index (χ2v) is 21.6. The van der Waals surface area contributed by atoms with Gasteiger partial charge in [0.25, 0.3) is 0 Å². The van der Waals surface area contributed by atoms with Gasteiger partial charge >= 0.3 is 0 Å². The van der Waals surface area contributed by atoms with Crippen LogP contribution in [-0.4, -0.2) is 102 Å². The maximum Gasteiger partial charge on any atom is 0.243 e. The van der Waals surface area contributed by atoms with Crippen LogP contribution in [0.15, 0.2) is 114 Å². The maximum absolute atomic E-state index is 12.9. The lowest BCUT2D eigenvalue weighted by Gasteiger charge is -2.33. The van der Waals surface area contributed by atoms with E-state index in [0.29, 0.717) is 83.7 Å². The normalized spacial score (nSPS) is 15.4. The van der Waals surface area contributed by atoms with E-state index in [1.807, 2.05) is 35.0 Å². The van der Waals surface area contributed by atoms with Crippen molar-refractivity contribution >= 4 is 108 Å². The zero-order valence-corrected chi connectivity index (χ0v) is 40.1. The molecule has 0 radical (unpaired) electrons. The van der Waals surface area contributed by atoms with Gasteiger partial charge in [-0.1, -0.05) is 61.1 Å². The van der Waals surface area contributed by atoms with Gasteiger partial charge in [0, 0.05) is 89.3 Å². The monoisotopic (exact) mass is 1050 g/mol. The van der Waals surface area contributed by atoms with Gasteiger partial charge in [0.2, 0.25) is 20.0 Å². The van der Waals surface area contributed by atoms with Crippen molar-refractivity contribution in [2.45, 2.75) is 9.79 Å². The number of rotatable bonds is 10. The van der Waals surface area contributed by atoms with Gasteiger partial charge in [0.05, 0.1) is 45.4 Å². The van der Waals surface area contributed by atoms with Crippen molar-refractivity contribution in [3.8, 4) is 34.0 Å². The van der Waals surface area contributed by atoms with Crippen LogP contribution in [0, 0.1) is 0 Å². The molecule has 2 fully saturated rings. The van der Waals surface area contributed by atoms with Crippen LogP contribution >= 0.6 is 77.7 Å². The first-order valence-electron chi connectivity index (χ1n) is 18.4. The third-order valence-corrected chi connectivity index (χ3v) is 17.2. The largest absolute Gasteiger partial charge is 0.497 e. The van der Waals surface area contributed by atoms with E-state index >= 15 is 0 Å². The molecular formula is C40H38Br2Cl2N6O6S4. The first-order chi connectivity index (χ1) is 28.7. The quantitative estimate of drug-likeness (QED) is 0.131. The van der Waals surface area contributed by atoms with Crippen molar-refractivity contribution in [1.29, 1.82) is 0 Å². The predicted octanol–water partition coefficient (Wildman–Crippen LogP) is 9.49. The van der Waals surface area contributed by atoms with E-state index in [0.717, 1.165) is 41.7 Å². The Morgan fingerprint density at radius 2 is 0.967 bits per heavy atom. The summed E-state index contributed by atoms with van der Waals surface area (Å²) in [6, 6.07) is 24.6. The fourth-order valence-corrected chi connectivity index (χ4v) is 11.9. The number of anilines is 2. The van der Waals surface area contributed by atoms with Crippen molar-refractivity contribution in [3.05, 3.63) is 115 Å². The number of thiazole rings is 2. The van der Waals surface area contributed by atoms with Crippen LogP contribution in [-0.2, 0) is 20.0 Å². The second kappa shape index (κ2) is 19.4. The first-order valence-corrected chi connectivity index (χ1v) is 25.3.